The Kier molecular flexibility index (Phi) is 4.29. The molecule has 2 aromatic rings. The van der Waals surface area contributed by atoms with Gasteiger partial charge in [-0.1, -0.05) is 13.8 Å². The number of ether oxygens (including phenoxy) is 1. The smallest absolute Gasteiger partial charge is 0.291 e. The first-order valence-corrected chi connectivity index (χ1v) is 6.29. The Balaban J connectivity index is 1.97. The molecule has 2 N–H and O–H groups in total. The summed E-state index contributed by atoms with van der Waals surface area (Å²) in [6.07, 6.45) is 1.63. The third-order valence-electron chi connectivity index (χ3n) is 2.71. The highest BCUT2D eigenvalue weighted by atomic mass is 16.5. The molecule has 0 saturated heterocycles. The topological polar surface area (TPSA) is 92.8 Å². The number of rotatable bonds is 5. The summed E-state index contributed by atoms with van der Waals surface area (Å²) in [5.41, 5.74) is 0.893. The van der Waals surface area contributed by atoms with Crippen molar-refractivity contribution in [1.82, 2.24) is 25.5 Å². The van der Waals surface area contributed by atoms with E-state index in [0.717, 1.165) is 5.56 Å². The van der Waals surface area contributed by atoms with E-state index >= 15 is 0 Å². The van der Waals surface area contributed by atoms with Gasteiger partial charge >= 0.3 is 0 Å². The summed E-state index contributed by atoms with van der Waals surface area (Å²) >= 11 is 0. The largest absolute Gasteiger partial charge is 0.481 e. The highest BCUT2D eigenvalue weighted by molar-refractivity contribution is 5.90. The molecule has 0 bridgehead atoms. The van der Waals surface area contributed by atoms with E-state index in [2.05, 4.69) is 25.5 Å². The summed E-state index contributed by atoms with van der Waals surface area (Å²) in [7, 11) is 1.55. The third kappa shape index (κ3) is 3.31. The van der Waals surface area contributed by atoms with Crippen molar-refractivity contribution >= 4 is 5.91 Å². The van der Waals surface area contributed by atoms with Crippen LogP contribution in [0.15, 0.2) is 18.3 Å². The van der Waals surface area contributed by atoms with E-state index < -0.39 is 0 Å². The molecule has 7 heteroatoms. The van der Waals surface area contributed by atoms with Gasteiger partial charge in [0, 0.05) is 24.7 Å². The van der Waals surface area contributed by atoms with E-state index in [-0.39, 0.29) is 17.6 Å². The van der Waals surface area contributed by atoms with E-state index in [4.69, 9.17) is 4.74 Å². The van der Waals surface area contributed by atoms with Crippen LogP contribution in [0.25, 0.3) is 0 Å². The number of H-pyrrole nitrogens is 1. The van der Waals surface area contributed by atoms with Gasteiger partial charge in [0.2, 0.25) is 11.7 Å². The number of amides is 1. The van der Waals surface area contributed by atoms with E-state index in [1.165, 1.54) is 0 Å². The first-order chi connectivity index (χ1) is 9.60. The van der Waals surface area contributed by atoms with Gasteiger partial charge in [0.05, 0.1) is 7.11 Å². The first-order valence-electron chi connectivity index (χ1n) is 6.29. The standard InChI is InChI=1S/C13H17N5O2/c1-8(2)11-16-12(18-17-11)13(19)15-7-9-4-5-14-10(6-9)20-3/h4-6,8H,7H2,1-3H3,(H,15,19)(H,16,17,18). The summed E-state index contributed by atoms with van der Waals surface area (Å²) in [6, 6.07) is 3.57. The molecule has 0 aliphatic rings. The van der Waals surface area contributed by atoms with Crippen molar-refractivity contribution in [3.63, 3.8) is 0 Å². The maximum Gasteiger partial charge on any atom is 0.291 e. The molecule has 0 aliphatic carbocycles. The average Bonchev–Trinajstić information content (AvgIpc) is 2.95. The zero-order chi connectivity index (χ0) is 14.5. The number of hydrogen-bond donors (Lipinski definition) is 2. The molecule has 0 aromatic carbocycles. The number of hydrogen-bond acceptors (Lipinski definition) is 5. The van der Waals surface area contributed by atoms with Crippen LogP contribution in [-0.4, -0.2) is 33.2 Å². The number of methoxy groups -OCH3 is 1. The Labute approximate surface area is 116 Å². The summed E-state index contributed by atoms with van der Waals surface area (Å²) in [6.45, 7) is 4.32. The monoisotopic (exact) mass is 275 g/mol. The normalized spacial score (nSPS) is 10.6. The van der Waals surface area contributed by atoms with Crippen LogP contribution in [0, 0.1) is 0 Å². The lowest BCUT2D eigenvalue weighted by atomic mass is 10.2. The Morgan fingerprint density at radius 1 is 1.50 bits per heavy atom. The predicted molar refractivity (Wildman–Crippen MR) is 72.4 cm³/mol. The molecule has 7 nitrogen and oxygen atoms in total. The molecule has 0 unspecified atom stereocenters. The minimum atomic E-state index is -0.316. The molecule has 106 valence electrons. The molecule has 0 aliphatic heterocycles. The van der Waals surface area contributed by atoms with Crippen LogP contribution in [-0.2, 0) is 6.54 Å². The summed E-state index contributed by atoms with van der Waals surface area (Å²) in [5, 5.41) is 9.40. The summed E-state index contributed by atoms with van der Waals surface area (Å²) < 4.78 is 5.02. The van der Waals surface area contributed by atoms with Crippen LogP contribution >= 0.6 is 0 Å². The molecular formula is C13H17N5O2. The van der Waals surface area contributed by atoms with Crippen LogP contribution in [0.3, 0.4) is 0 Å². The van der Waals surface area contributed by atoms with Gasteiger partial charge in [-0.25, -0.2) is 9.97 Å². The van der Waals surface area contributed by atoms with Crippen LogP contribution in [0.2, 0.25) is 0 Å². The number of carbonyl (C=O) groups excluding carboxylic acids is 1. The number of pyridine rings is 1. The van der Waals surface area contributed by atoms with Crippen molar-refractivity contribution in [2.45, 2.75) is 26.3 Å². The second-order valence-electron chi connectivity index (χ2n) is 4.59. The maximum absolute atomic E-state index is 11.9. The molecule has 0 saturated carbocycles. The second-order valence-corrected chi connectivity index (χ2v) is 4.59. The van der Waals surface area contributed by atoms with E-state index in [9.17, 15) is 4.79 Å². The predicted octanol–water partition coefficient (Wildman–Crippen LogP) is 1.26. The van der Waals surface area contributed by atoms with Crippen LogP contribution in [0.5, 0.6) is 5.88 Å². The van der Waals surface area contributed by atoms with Gasteiger partial charge in [0.25, 0.3) is 5.91 Å². The second kappa shape index (κ2) is 6.14. The number of aromatic amines is 1. The lowest BCUT2D eigenvalue weighted by molar-refractivity contribution is 0.0940. The fraction of sp³-hybridized carbons (Fsp3) is 0.385. The number of nitrogens with zero attached hydrogens (tertiary/aromatic N) is 3. The van der Waals surface area contributed by atoms with Crippen molar-refractivity contribution in [3.8, 4) is 5.88 Å². The lowest BCUT2D eigenvalue weighted by Gasteiger charge is -2.04. The Morgan fingerprint density at radius 2 is 2.30 bits per heavy atom. The van der Waals surface area contributed by atoms with E-state index in [0.29, 0.717) is 18.2 Å². The zero-order valence-corrected chi connectivity index (χ0v) is 11.7. The molecule has 0 radical (unpaired) electrons. The van der Waals surface area contributed by atoms with Gasteiger partial charge in [-0.05, 0) is 11.6 Å². The van der Waals surface area contributed by atoms with Crippen molar-refractivity contribution in [3.05, 3.63) is 35.5 Å². The number of carbonyl (C=O) groups is 1. The Morgan fingerprint density at radius 3 is 2.95 bits per heavy atom. The van der Waals surface area contributed by atoms with Crippen molar-refractivity contribution in [2.24, 2.45) is 0 Å². The van der Waals surface area contributed by atoms with Gasteiger partial charge < -0.3 is 10.1 Å². The highest BCUT2D eigenvalue weighted by Crippen LogP contribution is 2.09. The van der Waals surface area contributed by atoms with E-state index in [1.807, 2.05) is 13.8 Å². The van der Waals surface area contributed by atoms with Crippen molar-refractivity contribution in [2.75, 3.05) is 7.11 Å². The van der Waals surface area contributed by atoms with Gasteiger partial charge in [0.1, 0.15) is 5.82 Å². The quantitative estimate of drug-likeness (QED) is 0.857. The minimum absolute atomic E-state index is 0.148. The Bertz CT molecular complexity index is 594. The molecule has 1 amide bonds. The summed E-state index contributed by atoms with van der Waals surface area (Å²) in [5.74, 6) is 1.24. The van der Waals surface area contributed by atoms with Gasteiger partial charge in [-0.15, -0.1) is 5.10 Å². The molecule has 2 aromatic heterocycles. The minimum Gasteiger partial charge on any atom is -0.481 e. The number of nitrogens with one attached hydrogen (secondary N) is 2. The SMILES string of the molecule is COc1cc(CNC(=O)c2n[nH]c(C(C)C)n2)ccn1. The van der Waals surface area contributed by atoms with Crippen LogP contribution in [0.1, 0.15) is 41.8 Å². The molecule has 20 heavy (non-hydrogen) atoms. The molecule has 2 rings (SSSR count). The lowest BCUT2D eigenvalue weighted by Crippen LogP contribution is -2.24. The third-order valence-corrected chi connectivity index (χ3v) is 2.71. The molecule has 2 heterocycles. The first kappa shape index (κ1) is 14.0. The van der Waals surface area contributed by atoms with Crippen LogP contribution < -0.4 is 10.1 Å². The summed E-state index contributed by atoms with van der Waals surface area (Å²) in [4.78, 5) is 20.0. The van der Waals surface area contributed by atoms with Gasteiger partial charge in [-0.3, -0.25) is 9.89 Å². The maximum atomic E-state index is 11.9. The van der Waals surface area contributed by atoms with E-state index in [1.54, 1.807) is 25.4 Å². The molecule has 0 atom stereocenters. The molecule has 0 fully saturated rings. The number of aromatic nitrogens is 4. The zero-order valence-electron chi connectivity index (χ0n) is 11.7. The fourth-order valence-electron chi connectivity index (χ4n) is 1.57. The van der Waals surface area contributed by atoms with Gasteiger partial charge in [-0.2, -0.15) is 0 Å². The van der Waals surface area contributed by atoms with Gasteiger partial charge in [0.15, 0.2) is 0 Å². The fourth-order valence-corrected chi connectivity index (χ4v) is 1.57. The highest BCUT2D eigenvalue weighted by Gasteiger charge is 2.13. The van der Waals surface area contributed by atoms with Crippen LogP contribution in [0.4, 0.5) is 0 Å². The van der Waals surface area contributed by atoms with Crippen molar-refractivity contribution in [1.29, 1.82) is 0 Å². The van der Waals surface area contributed by atoms with Crippen molar-refractivity contribution < 1.29 is 9.53 Å². The molecular weight excluding hydrogens is 258 g/mol. The average molecular weight is 275 g/mol. The Hall–Kier alpha value is -2.44. The molecule has 0 spiro atoms.